The van der Waals surface area contributed by atoms with E-state index >= 15 is 0 Å². The molecule has 0 saturated heterocycles. The molecule has 2 aromatic heterocycles. The van der Waals surface area contributed by atoms with Crippen LogP contribution >= 0.6 is 0 Å². The molecule has 0 aliphatic carbocycles. The van der Waals surface area contributed by atoms with Crippen LogP contribution < -0.4 is 4.74 Å². The zero-order valence-corrected chi connectivity index (χ0v) is 28.3. The molecule has 0 unspecified atom stereocenters. The number of aromatic nitrogens is 3. The molecule has 0 amide bonds. The first-order valence-corrected chi connectivity index (χ1v) is 17.4. The first kappa shape index (κ1) is 29.4. The fourth-order valence-corrected chi connectivity index (χ4v) is 8.03. The highest BCUT2D eigenvalue weighted by Crippen LogP contribution is 2.55. The third-order valence-corrected chi connectivity index (χ3v) is 10.5. The smallest absolute Gasteiger partial charge is 0.235 e. The topological polar surface area (TPSA) is 39.9 Å². The quantitative estimate of drug-likeness (QED) is 0.189. The lowest BCUT2D eigenvalue weighted by Gasteiger charge is -2.36. The lowest BCUT2D eigenvalue weighted by Crippen LogP contribution is -2.25. The normalized spacial score (nSPS) is 13.2. The van der Waals surface area contributed by atoms with Gasteiger partial charge in [0, 0.05) is 38.4 Å². The molecule has 4 heteroatoms. The number of ether oxygens (including phenoxy) is 1. The second kappa shape index (κ2) is 11.3. The summed E-state index contributed by atoms with van der Waals surface area (Å²) in [4.78, 5) is 10.7. The molecule has 9 aromatic rings. The van der Waals surface area contributed by atoms with Crippen LogP contribution in [0.1, 0.15) is 25.0 Å². The van der Waals surface area contributed by atoms with Gasteiger partial charge >= 0.3 is 0 Å². The zero-order valence-electron chi connectivity index (χ0n) is 28.3. The van der Waals surface area contributed by atoms with Crippen molar-refractivity contribution in [1.82, 2.24) is 14.5 Å². The third-order valence-electron chi connectivity index (χ3n) is 10.5. The monoisotopic (exact) mass is 655 g/mol. The molecule has 1 aliphatic rings. The lowest BCUT2D eigenvalue weighted by atomic mass is 9.73. The van der Waals surface area contributed by atoms with Crippen LogP contribution in [0.5, 0.6) is 11.5 Å². The molecule has 0 saturated carbocycles. The molecule has 0 fully saturated rings. The number of rotatable bonds is 4. The van der Waals surface area contributed by atoms with Gasteiger partial charge in [-0.25, -0.2) is 9.97 Å². The van der Waals surface area contributed by atoms with Crippen molar-refractivity contribution in [3.8, 4) is 51.1 Å². The Kier molecular flexibility index (Phi) is 6.49. The Balaban J connectivity index is 1.30. The van der Waals surface area contributed by atoms with Crippen LogP contribution in [0.25, 0.3) is 72.2 Å². The number of benzene rings is 7. The van der Waals surface area contributed by atoms with E-state index in [-0.39, 0.29) is 5.41 Å². The molecule has 0 atom stereocenters. The number of nitrogens with zero attached hydrogens (tertiary/aromatic N) is 3. The summed E-state index contributed by atoms with van der Waals surface area (Å²) in [7, 11) is 0. The lowest BCUT2D eigenvalue weighted by molar-refractivity contribution is 0.424. The van der Waals surface area contributed by atoms with Gasteiger partial charge in [-0.15, -0.1) is 0 Å². The maximum atomic E-state index is 7.03. The number of hydrogen-bond acceptors (Lipinski definition) is 3. The Hall–Kier alpha value is -6.52. The second-order valence-corrected chi connectivity index (χ2v) is 13.8. The van der Waals surface area contributed by atoms with Crippen LogP contribution in [-0.2, 0) is 5.41 Å². The molecule has 10 rings (SSSR count). The average Bonchev–Trinajstić information content (AvgIpc) is 3.54. The Morgan fingerprint density at radius 2 is 1.04 bits per heavy atom. The summed E-state index contributed by atoms with van der Waals surface area (Å²) in [5.41, 5.74) is 10.1. The van der Waals surface area contributed by atoms with Crippen LogP contribution in [0, 0.1) is 0 Å². The molecule has 0 bridgehead atoms. The molecule has 242 valence electrons. The summed E-state index contributed by atoms with van der Waals surface area (Å²) in [6, 6.07) is 57.4. The van der Waals surface area contributed by atoms with Gasteiger partial charge in [-0.3, -0.25) is 4.57 Å². The molecule has 3 heterocycles. The first-order valence-electron chi connectivity index (χ1n) is 17.4. The first-order chi connectivity index (χ1) is 25.1. The van der Waals surface area contributed by atoms with Crippen molar-refractivity contribution in [2.24, 2.45) is 0 Å². The maximum absolute atomic E-state index is 7.03. The predicted octanol–water partition coefficient (Wildman–Crippen LogP) is 12.2. The van der Waals surface area contributed by atoms with Gasteiger partial charge in [0.05, 0.1) is 16.9 Å². The van der Waals surface area contributed by atoms with Gasteiger partial charge in [-0.1, -0.05) is 159 Å². The minimum absolute atomic E-state index is 0.322. The van der Waals surface area contributed by atoms with E-state index in [1.54, 1.807) is 0 Å². The van der Waals surface area contributed by atoms with Gasteiger partial charge in [-0.05, 0) is 40.1 Å². The minimum Gasteiger partial charge on any atom is -0.454 e. The highest BCUT2D eigenvalue weighted by Gasteiger charge is 2.38. The van der Waals surface area contributed by atoms with E-state index in [2.05, 4.69) is 170 Å². The fourth-order valence-electron chi connectivity index (χ4n) is 8.03. The van der Waals surface area contributed by atoms with E-state index in [1.165, 1.54) is 27.5 Å². The van der Waals surface area contributed by atoms with Gasteiger partial charge < -0.3 is 4.74 Å². The van der Waals surface area contributed by atoms with Gasteiger partial charge in [0.15, 0.2) is 5.75 Å². The standard InChI is InChI=1S/C47H33N3O/c1-47(2)37-22-12-14-24-41(37)51-45-43(47)35-20-10-9-19-34(35)42-36-21-11-13-23-40(36)50(44(42)45)46-48-38(32-17-7-4-8-18-32)29-39(49-46)33-27-25-31(26-28-33)30-15-5-3-6-16-30/h3-29H,1-2H3. The largest absolute Gasteiger partial charge is 0.454 e. The molecular weight excluding hydrogens is 623 g/mol. The van der Waals surface area contributed by atoms with E-state index in [9.17, 15) is 0 Å². The van der Waals surface area contributed by atoms with Crippen molar-refractivity contribution in [2.75, 3.05) is 0 Å². The number of hydrogen-bond donors (Lipinski definition) is 0. The van der Waals surface area contributed by atoms with E-state index in [0.717, 1.165) is 61.4 Å². The Bertz CT molecular complexity index is 2780. The van der Waals surface area contributed by atoms with Crippen molar-refractivity contribution in [3.63, 3.8) is 0 Å². The van der Waals surface area contributed by atoms with Crippen LogP contribution in [0.2, 0.25) is 0 Å². The third kappa shape index (κ3) is 4.53. The summed E-state index contributed by atoms with van der Waals surface area (Å²) in [6.07, 6.45) is 0. The molecule has 7 aromatic carbocycles. The van der Waals surface area contributed by atoms with E-state index in [4.69, 9.17) is 14.7 Å². The number of para-hydroxylation sites is 2. The van der Waals surface area contributed by atoms with Crippen molar-refractivity contribution in [2.45, 2.75) is 19.3 Å². The van der Waals surface area contributed by atoms with Crippen LogP contribution in [-0.4, -0.2) is 14.5 Å². The summed E-state index contributed by atoms with van der Waals surface area (Å²) >= 11 is 0. The van der Waals surface area contributed by atoms with E-state index < -0.39 is 0 Å². The van der Waals surface area contributed by atoms with Crippen LogP contribution in [0.3, 0.4) is 0 Å². The Morgan fingerprint density at radius 3 is 1.76 bits per heavy atom. The van der Waals surface area contributed by atoms with Crippen molar-refractivity contribution in [1.29, 1.82) is 0 Å². The highest BCUT2D eigenvalue weighted by molar-refractivity contribution is 6.24. The molecule has 1 aliphatic heterocycles. The van der Waals surface area contributed by atoms with Crippen molar-refractivity contribution < 1.29 is 4.74 Å². The fraction of sp³-hybridized carbons (Fsp3) is 0.0638. The van der Waals surface area contributed by atoms with Crippen molar-refractivity contribution >= 4 is 32.6 Å². The molecule has 0 N–H and O–H groups in total. The summed E-state index contributed by atoms with van der Waals surface area (Å²) in [5.74, 6) is 2.33. The minimum atomic E-state index is -0.322. The Morgan fingerprint density at radius 1 is 0.510 bits per heavy atom. The maximum Gasteiger partial charge on any atom is 0.235 e. The second-order valence-electron chi connectivity index (χ2n) is 13.8. The summed E-state index contributed by atoms with van der Waals surface area (Å²) in [6.45, 7) is 4.62. The van der Waals surface area contributed by atoms with Crippen molar-refractivity contribution in [3.05, 3.63) is 175 Å². The highest BCUT2D eigenvalue weighted by atomic mass is 16.5. The van der Waals surface area contributed by atoms with Crippen LogP contribution in [0.15, 0.2) is 164 Å². The molecular formula is C47H33N3O. The molecule has 4 nitrogen and oxygen atoms in total. The molecule has 0 radical (unpaired) electrons. The van der Waals surface area contributed by atoms with Gasteiger partial charge in [0.25, 0.3) is 0 Å². The van der Waals surface area contributed by atoms with Gasteiger partial charge in [-0.2, -0.15) is 0 Å². The Labute approximate surface area is 296 Å². The van der Waals surface area contributed by atoms with E-state index in [0.29, 0.717) is 5.95 Å². The average molecular weight is 656 g/mol. The van der Waals surface area contributed by atoms with E-state index in [1.807, 2.05) is 12.1 Å². The van der Waals surface area contributed by atoms with Crippen LogP contribution in [0.4, 0.5) is 0 Å². The molecule has 51 heavy (non-hydrogen) atoms. The van der Waals surface area contributed by atoms with Gasteiger partial charge in [0.2, 0.25) is 5.95 Å². The summed E-state index contributed by atoms with van der Waals surface area (Å²) in [5, 5.41) is 4.65. The molecule has 0 spiro atoms. The summed E-state index contributed by atoms with van der Waals surface area (Å²) < 4.78 is 9.27. The zero-order chi connectivity index (χ0) is 34.1. The number of fused-ring (bicyclic) bond motifs is 9. The SMILES string of the molecule is CC1(C)c2ccccc2Oc2c1c1ccccc1c1c3ccccc3n(-c3nc(-c4ccccc4)cc(-c4ccc(-c5ccccc5)cc4)n3)c21. The predicted molar refractivity (Wildman–Crippen MR) is 209 cm³/mol. The van der Waals surface area contributed by atoms with Gasteiger partial charge in [0.1, 0.15) is 11.3 Å².